The van der Waals surface area contributed by atoms with Crippen LogP contribution >= 0.6 is 0 Å². The largest absolute Gasteiger partial charge is 0.448 e. The molecule has 1 amide bonds. The topological polar surface area (TPSA) is 75.7 Å². The lowest BCUT2D eigenvalue weighted by Crippen LogP contribution is -2.32. The van der Waals surface area contributed by atoms with Crippen molar-refractivity contribution in [2.24, 2.45) is 0 Å². The molecule has 0 unspecified atom stereocenters. The van der Waals surface area contributed by atoms with Crippen LogP contribution in [-0.4, -0.2) is 104 Å². The van der Waals surface area contributed by atoms with E-state index in [1.807, 2.05) is 24.3 Å². The molecule has 204 valence electrons. The number of halogens is 1. The third-order valence-electron chi connectivity index (χ3n) is 5.93. The number of rotatable bonds is 19. The van der Waals surface area contributed by atoms with Gasteiger partial charge in [-0.3, -0.25) is 0 Å². The maximum Gasteiger partial charge on any atom is 0.409 e. The minimum Gasteiger partial charge on any atom is -0.448 e. The standard InChI is InChI=1S/C28H38FNO7/c1-30(11-13-33-15-17-35-19-21-36-20-18-34-16-14-32-12-10-29)28(31)37-22-27-25-8-4-2-6-23(25)24-7-3-5-9-26(24)27/h2-9,27H,10-22H2,1H3. The quantitative estimate of drug-likeness (QED) is 0.261. The SMILES string of the molecule is CN(CCOCCOCCOCCOCCOCCF)C(=O)OCC1c2ccccc2-c2ccccc21. The summed E-state index contributed by atoms with van der Waals surface area (Å²) in [5, 5.41) is 0. The molecule has 2 aromatic rings. The predicted molar refractivity (Wildman–Crippen MR) is 138 cm³/mol. The molecule has 37 heavy (non-hydrogen) atoms. The number of fused-ring (bicyclic) bond motifs is 3. The van der Waals surface area contributed by atoms with Gasteiger partial charge in [0.1, 0.15) is 13.3 Å². The lowest BCUT2D eigenvalue weighted by Gasteiger charge is -2.19. The predicted octanol–water partition coefficient (Wildman–Crippen LogP) is 3.92. The Morgan fingerprint density at radius 1 is 0.703 bits per heavy atom. The summed E-state index contributed by atoms with van der Waals surface area (Å²) < 4.78 is 44.1. The second-order valence-electron chi connectivity index (χ2n) is 8.48. The van der Waals surface area contributed by atoms with E-state index >= 15 is 0 Å². The first-order valence-electron chi connectivity index (χ1n) is 12.7. The molecule has 9 heteroatoms. The number of ether oxygens (including phenoxy) is 6. The summed E-state index contributed by atoms with van der Waals surface area (Å²) >= 11 is 0. The number of hydrogen-bond donors (Lipinski definition) is 0. The van der Waals surface area contributed by atoms with E-state index in [1.165, 1.54) is 27.2 Å². The second-order valence-corrected chi connectivity index (χ2v) is 8.48. The molecule has 0 aromatic heterocycles. The van der Waals surface area contributed by atoms with Crippen LogP contribution in [0.15, 0.2) is 48.5 Å². The van der Waals surface area contributed by atoms with Gasteiger partial charge >= 0.3 is 6.09 Å². The molecule has 0 fully saturated rings. The van der Waals surface area contributed by atoms with E-state index in [-0.39, 0.29) is 18.6 Å². The van der Waals surface area contributed by atoms with E-state index < -0.39 is 6.67 Å². The fraction of sp³-hybridized carbons (Fsp3) is 0.536. The van der Waals surface area contributed by atoms with Crippen molar-refractivity contribution in [2.45, 2.75) is 5.92 Å². The van der Waals surface area contributed by atoms with Gasteiger partial charge in [0, 0.05) is 19.5 Å². The number of benzene rings is 2. The number of alkyl halides is 1. The van der Waals surface area contributed by atoms with Gasteiger partial charge in [-0.05, 0) is 22.3 Å². The van der Waals surface area contributed by atoms with Crippen LogP contribution in [0.1, 0.15) is 17.0 Å². The number of hydrogen-bond acceptors (Lipinski definition) is 7. The van der Waals surface area contributed by atoms with Gasteiger partial charge in [-0.15, -0.1) is 0 Å². The molecule has 1 aliphatic rings. The molecule has 0 saturated carbocycles. The van der Waals surface area contributed by atoms with Crippen LogP contribution in [0.5, 0.6) is 0 Å². The molecule has 0 N–H and O–H groups in total. The van der Waals surface area contributed by atoms with Gasteiger partial charge in [-0.1, -0.05) is 48.5 Å². The molecule has 0 heterocycles. The maximum atomic E-state index is 12.5. The highest BCUT2D eigenvalue weighted by Gasteiger charge is 2.29. The summed E-state index contributed by atoms with van der Waals surface area (Å²) in [6, 6.07) is 16.5. The van der Waals surface area contributed by atoms with Crippen LogP contribution in [0.3, 0.4) is 0 Å². The molecular weight excluding hydrogens is 481 g/mol. The zero-order valence-electron chi connectivity index (χ0n) is 21.6. The highest BCUT2D eigenvalue weighted by atomic mass is 19.1. The summed E-state index contributed by atoms with van der Waals surface area (Å²) in [7, 11) is 1.71. The molecule has 0 bridgehead atoms. The second kappa shape index (κ2) is 17.0. The number of amides is 1. The number of nitrogens with zero attached hydrogens (tertiary/aromatic N) is 1. The van der Waals surface area contributed by atoms with E-state index in [0.717, 1.165) is 0 Å². The van der Waals surface area contributed by atoms with Crippen LogP contribution in [0.2, 0.25) is 0 Å². The van der Waals surface area contributed by atoms with Gasteiger partial charge < -0.3 is 33.3 Å². The van der Waals surface area contributed by atoms with Crippen molar-refractivity contribution in [3.8, 4) is 11.1 Å². The number of likely N-dealkylation sites (N-methyl/N-ethyl adjacent to an activating group) is 1. The van der Waals surface area contributed by atoms with Crippen LogP contribution in [0.4, 0.5) is 9.18 Å². The van der Waals surface area contributed by atoms with Crippen molar-refractivity contribution < 1.29 is 37.6 Å². The molecule has 0 atom stereocenters. The Bertz CT molecular complexity index is 883. The lowest BCUT2D eigenvalue weighted by atomic mass is 9.98. The Balaban J connectivity index is 1.18. The zero-order valence-corrected chi connectivity index (χ0v) is 21.6. The van der Waals surface area contributed by atoms with E-state index in [4.69, 9.17) is 28.4 Å². The van der Waals surface area contributed by atoms with Crippen molar-refractivity contribution >= 4 is 6.09 Å². The third kappa shape index (κ3) is 9.68. The summed E-state index contributed by atoms with van der Waals surface area (Å²) in [4.78, 5) is 14.0. The van der Waals surface area contributed by atoms with Crippen LogP contribution < -0.4 is 0 Å². The molecule has 0 aliphatic heterocycles. The van der Waals surface area contributed by atoms with Gasteiger partial charge in [0.2, 0.25) is 0 Å². The first-order valence-corrected chi connectivity index (χ1v) is 12.7. The fourth-order valence-corrected chi connectivity index (χ4v) is 4.03. The normalized spacial score (nSPS) is 12.4. The number of carbonyl (C=O) groups is 1. The fourth-order valence-electron chi connectivity index (χ4n) is 4.03. The third-order valence-corrected chi connectivity index (χ3v) is 5.93. The first kappa shape index (κ1) is 29.0. The smallest absolute Gasteiger partial charge is 0.409 e. The average Bonchev–Trinajstić information content (AvgIpc) is 3.25. The minimum absolute atomic E-state index is 0.0440. The lowest BCUT2D eigenvalue weighted by molar-refractivity contribution is -0.0126. The highest BCUT2D eigenvalue weighted by Crippen LogP contribution is 2.44. The molecule has 0 radical (unpaired) electrons. The highest BCUT2D eigenvalue weighted by molar-refractivity contribution is 5.79. The van der Waals surface area contributed by atoms with E-state index in [9.17, 15) is 9.18 Å². The molecule has 1 aliphatic carbocycles. The van der Waals surface area contributed by atoms with Gasteiger partial charge in [-0.25, -0.2) is 9.18 Å². The molecule has 3 rings (SSSR count). The van der Waals surface area contributed by atoms with Crippen LogP contribution in [-0.2, 0) is 28.4 Å². The van der Waals surface area contributed by atoms with Crippen molar-refractivity contribution in [1.82, 2.24) is 4.90 Å². The van der Waals surface area contributed by atoms with Crippen molar-refractivity contribution in [3.63, 3.8) is 0 Å². The summed E-state index contributed by atoms with van der Waals surface area (Å²) in [5.41, 5.74) is 4.80. The van der Waals surface area contributed by atoms with Crippen LogP contribution in [0, 0.1) is 0 Å². The Morgan fingerprint density at radius 2 is 1.14 bits per heavy atom. The van der Waals surface area contributed by atoms with Crippen LogP contribution in [0.25, 0.3) is 11.1 Å². The van der Waals surface area contributed by atoms with E-state index in [0.29, 0.717) is 72.6 Å². The maximum absolute atomic E-state index is 12.5. The first-order chi connectivity index (χ1) is 18.2. The summed E-state index contributed by atoms with van der Waals surface area (Å²) in [6.07, 6.45) is -0.366. The molecule has 0 spiro atoms. The number of carbonyl (C=O) groups excluding carboxylic acids is 1. The average molecular weight is 520 g/mol. The molecular formula is C28H38FNO7. The zero-order chi connectivity index (χ0) is 26.1. The Morgan fingerprint density at radius 3 is 1.62 bits per heavy atom. The Labute approximate surface area is 218 Å². The van der Waals surface area contributed by atoms with Gasteiger partial charge in [0.25, 0.3) is 0 Å². The van der Waals surface area contributed by atoms with Gasteiger partial charge in [-0.2, -0.15) is 0 Å². The summed E-state index contributed by atoms with van der Waals surface area (Å²) in [6.45, 7) is 4.28. The molecule has 8 nitrogen and oxygen atoms in total. The van der Waals surface area contributed by atoms with Gasteiger partial charge in [0.15, 0.2) is 0 Å². The van der Waals surface area contributed by atoms with Gasteiger partial charge in [0.05, 0.1) is 66.1 Å². The monoisotopic (exact) mass is 519 g/mol. The van der Waals surface area contributed by atoms with Crippen molar-refractivity contribution in [3.05, 3.63) is 59.7 Å². The Kier molecular flexibility index (Phi) is 13.4. The van der Waals surface area contributed by atoms with Crippen molar-refractivity contribution in [1.29, 1.82) is 0 Å². The minimum atomic E-state index is -0.480. The Hall–Kier alpha value is -2.56. The van der Waals surface area contributed by atoms with E-state index in [1.54, 1.807) is 7.05 Å². The molecule has 0 saturated heterocycles. The van der Waals surface area contributed by atoms with Crippen molar-refractivity contribution in [2.75, 3.05) is 92.9 Å². The summed E-state index contributed by atoms with van der Waals surface area (Å²) in [5.74, 6) is 0.0440. The van der Waals surface area contributed by atoms with E-state index in [2.05, 4.69) is 24.3 Å². The molecule has 2 aromatic carbocycles.